The van der Waals surface area contributed by atoms with Crippen LogP contribution in [0.3, 0.4) is 0 Å². The Morgan fingerprint density at radius 2 is 2.33 bits per heavy atom. The minimum absolute atomic E-state index is 0.354. The van der Waals surface area contributed by atoms with E-state index in [1.165, 1.54) is 0 Å². The van der Waals surface area contributed by atoms with E-state index in [1.807, 2.05) is 11.5 Å². The molecular formula is C9H12ClN3O2. The molecule has 0 aliphatic heterocycles. The molecule has 82 valence electrons. The second kappa shape index (κ2) is 5.43. The first-order chi connectivity index (χ1) is 7.17. The van der Waals surface area contributed by atoms with Gasteiger partial charge in [-0.1, -0.05) is 17.7 Å². The van der Waals surface area contributed by atoms with Gasteiger partial charge in [-0.25, -0.2) is 10.6 Å². The molecule has 0 unspecified atom stereocenters. The summed E-state index contributed by atoms with van der Waals surface area (Å²) in [4.78, 5) is 10.8. The van der Waals surface area contributed by atoms with E-state index < -0.39 is 6.03 Å². The Morgan fingerprint density at radius 3 is 2.87 bits per heavy atom. The van der Waals surface area contributed by atoms with E-state index in [0.29, 0.717) is 17.3 Å². The molecule has 0 fully saturated rings. The second-order valence-electron chi connectivity index (χ2n) is 2.80. The maximum atomic E-state index is 10.8. The van der Waals surface area contributed by atoms with E-state index in [4.69, 9.17) is 22.2 Å². The lowest BCUT2D eigenvalue weighted by Crippen LogP contribution is -2.39. The quantitative estimate of drug-likeness (QED) is 0.412. The Balaban J connectivity index is 2.63. The van der Waals surface area contributed by atoms with Gasteiger partial charge in [0.15, 0.2) is 0 Å². The number of carbonyl (C=O) groups is 1. The molecule has 0 aromatic heterocycles. The smallest absolute Gasteiger partial charge is 0.329 e. The summed E-state index contributed by atoms with van der Waals surface area (Å²) in [5, 5.41) is 3.04. The number of methoxy groups -OCH3 is 1. The zero-order chi connectivity index (χ0) is 11.3. The molecule has 1 aromatic rings. The number of rotatable bonds is 3. The number of benzene rings is 1. The van der Waals surface area contributed by atoms with Crippen molar-refractivity contribution in [2.75, 3.05) is 7.11 Å². The highest BCUT2D eigenvalue weighted by atomic mass is 35.5. The van der Waals surface area contributed by atoms with E-state index in [2.05, 4.69) is 5.32 Å². The van der Waals surface area contributed by atoms with Crippen LogP contribution in [0.2, 0.25) is 5.02 Å². The van der Waals surface area contributed by atoms with Gasteiger partial charge in [0.1, 0.15) is 5.75 Å². The molecule has 6 heteroatoms. The van der Waals surface area contributed by atoms with Crippen molar-refractivity contribution in [3.63, 3.8) is 0 Å². The lowest BCUT2D eigenvalue weighted by molar-refractivity contribution is 0.241. The van der Waals surface area contributed by atoms with Crippen molar-refractivity contribution in [3.05, 3.63) is 28.8 Å². The summed E-state index contributed by atoms with van der Waals surface area (Å²) >= 11 is 5.90. The van der Waals surface area contributed by atoms with E-state index in [1.54, 1.807) is 19.2 Å². The maximum Gasteiger partial charge on any atom is 0.329 e. The number of nitrogens with one attached hydrogen (secondary N) is 2. The number of hydrogen-bond acceptors (Lipinski definition) is 3. The van der Waals surface area contributed by atoms with Crippen molar-refractivity contribution < 1.29 is 9.53 Å². The first-order valence-corrected chi connectivity index (χ1v) is 4.62. The number of carbonyl (C=O) groups excluding carboxylic acids is 1. The van der Waals surface area contributed by atoms with Crippen LogP contribution in [0.1, 0.15) is 5.56 Å². The van der Waals surface area contributed by atoms with Crippen LogP contribution >= 0.6 is 11.6 Å². The monoisotopic (exact) mass is 229 g/mol. The lowest BCUT2D eigenvalue weighted by Gasteiger charge is -2.07. The molecule has 1 rings (SSSR count). The van der Waals surface area contributed by atoms with Gasteiger partial charge in [-0.2, -0.15) is 0 Å². The van der Waals surface area contributed by atoms with Gasteiger partial charge in [-0.3, -0.25) is 5.43 Å². The van der Waals surface area contributed by atoms with Crippen molar-refractivity contribution in [3.8, 4) is 5.75 Å². The highest BCUT2D eigenvalue weighted by Gasteiger charge is 2.02. The number of amides is 2. The largest absolute Gasteiger partial charge is 0.495 e. The van der Waals surface area contributed by atoms with Crippen LogP contribution in [0.15, 0.2) is 18.2 Å². The summed E-state index contributed by atoms with van der Waals surface area (Å²) in [6, 6.07) is 4.82. The molecule has 0 heterocycles. The van der Waals surface area contributed by atoms with Gasteiger partial charge in [0.25, 0.3) is 0 Å². The number of hydrogen-bond donors (Lipinski definition) is 3. The minimum Gasteiger partial charge on any atom is -0.495 e. The Labute approximate surface area is 92.5 Å². The topological polar surface area (TPSA) is 76.4 Å². The van der Waals surface area contributed by atoms with Crippen molar-refractivity contribution >= 4 is 17.6 Å². The molecule has 0 saturated heterocycles. The number of nitrogens with two attached hydrogens (primary N) is 1. The van der Waals surface area contributed by atoms with Gasteiger partial charge in [0, 0.05) is 6.54 Å². The molecule has 0 radical (unpaired) electrons. The van der Waals surface area contributed by atoms with Gasteiger partial charge < -0.3 is 10.1 Å². The summed E-state index contributed by atoms with van der Waals surface area (Å²) in [5.41, 5.74) is 2.83. The first-order valence-electron chi connectivity index (χ1n) is 4.24. The summed E-state index contributed by atoms with van der Waals surface area (Å²) in [6.07, 6.45) is 0. The average molecular weight is 230 g/mol. The molecule has 0 bridgehead atoms. The highest BCUT2D eigenvalue weighted by Crippen LogP contribution is 2.24. The molecule has 15 heavy (non-hydrogen) atoms. The summed E-state index contributed by atoms with van der Waals surface area (Å²) in [6.45, 7) is 0.354. The Morgan fingerprint density at radius 1 is 1.60 bits per heavy atom. The summed E-state index contributed by atoms with van der Waals surface area (Å²) in [5.74, 6) is 5.50. The van der Waals surface area contributed by atoms with Crippen LogP contribution in [0.25, 0.3) is 0 Å². The van der Waals surface area contributed by atoms with E-state index >= 15 is 0 Å². The van der Waals surface area contributed by atoms with Crippen LogP contribution < -0.4 is 21.3 Å². The van der Waals surface area contributed by atoms with Crippen LogP contribution in [0, 0.1) is 0 Å². The zero-order valence-corrected chi connectivity index (χ0v) is 8.97. The molecule has 4 N–H and O–H groups in total. The fourth-order valence-corrected chi connectivity index (χ4v) is 1.33. The van der Waals surface area contributed by atoms with Crippen LogP contribution in [0.5, 0.6) is 5.75 Å². The third kappa shape index (κ3) is 3.30. The molecule has 0 atom stereocenters. The van der Waals surface area contributed by atoms with Gasteiger partial charge >= 0.3 is 6.03 Å². The highest BCUT2D eigenvalue weighted by molar-refractivity contribution is 6.32. The van der Waals surface area contributed by atoms with Crippen molar-refractivity contribution in [1.82, 2.24) is 10.7 Å². The van der Waals surface area contributed by atoms with E-state index in [0.717, 1.165) is 5.56 Å². The Hall–Kier alpha value is -1.46. The number of halogens is 1. The molecular weight excluding hydrogens is 218 g/mol. The molecule has 2 amide bonds. The predicted octanol–water partition coefficient (Wildman–Crippen LogP) is 1.02. The molecule has 0 aliphatic carbocycles. The molecule has 1 aromatic carbocycles. The summed E-state index contributed by atoms with van der Waals surface area (Å²) < 4.78 is 5.00. The normalized spacial score (nSPS) is 9.53. The fourth-order valence-electron chi connectivity index (χ4n) is 1.05. The minimum atomic E-state index is -0.443. The predicted molar refractivity (Wildman–Crippen MR) is 57.6 cm³/mol. The van der Waals surface area contributed by atoms with Crippen LogP contribution in [-0.4, -0.2) is 13.1 Å². The molecule has 5 nitrogen and oxygen atoms in total. The van der Waals surface area contributed by atoms with E-state index in [-0.39, 0.29) is 0 Å². The fraction of sp³-hybridized carbons (Fsp3) is 0.222. The van der Waals surface area contributed by atoms with Gasteiger partial charge in [0.2, 0.25) is 0 Å². The SMILES string of the molecule is COc1ccc(CNC(=O)NN)cc1Cl. The standard InChI is InChI=1S/C9H12ClN3O2/c1-15-8-3-2-6(4-7(8)10)5-12-9(14)13-11/h2-4H,5,11H2,1H3,(H2,12,13,14). The number of urea groups is 1. The van der Waals surface area contributed by atoms with Gasteiger partial charge in [0.05, 0.1) is 12.1 Å². The number of ether oxygens (including phenoxy) is 1. The molecule has 0 aliphatic rings. The van der Waals surface area contributed by atoms with E-state index in [9.17, 15) is 4.79 Å². The van der Waals surface area contributed by atoms with Gasteiger partial charge in [-0.15, -0.1) is 0 Å². The third-order valence-electron chi connectivity index (χ3n) is 1.80. The van der Waals surface area contributed by atoms with Crippen LogP contribution in [0.4, 0.5) is 4.79 Å². The average Bonchev–Trinajstić information content (AvgIpc) is 2.26. The molecule has 0 spiro atoms. The lowest BCUT2D eigenvalue weighted by atomic mass is 10.2. The Bertz CT molecular complexity index is 357. The van der Waals surface area contributed by atoms with Crippen molar-refractivity contribution in [2.45, 2.75) is 6.54 Å². The maximum absolute atomic E-state index is 10.8. The second-order valence-corrected chi connectivity index (χ2v) is 3.20. The molecule has 0 saturated carbocycles. The third-order valence-corrected chi connectivity index (χ3v) is 2.10. The van der Waals surface area contributed by atoms with Crippen molar-refractivity contribution in [1.29, 1.82) is 0 Å². The van der Waals surface area contributed by atoms with Crippen LogP contribution in [-0.2, 0) is 6.54 Å². The first kappa shape index (κ1) is 11.6. The zero-order valence-electron chi connectivity index (χ0n) is 8.21. The summed E-state index contributed by atoms with van der Waals surface area (Å²) in [7, 11) is 1.54. The van der Waals surface area contributed by atoms with Gasteiger partial charge in [-0.05, 0) is 17.7 Å². The number of hydrazine groups is 1. The Kier molecular flexibility index (Phi) is 4.20. The van der Waals surface area contributed by atoms with Crippen molar-refractivity contribution in [2.24, 2.45) is 5.84 Å².